The molecule has 2 aliphatic rings. The number of hydrogen-bond donors (Lipinski definition) is 1. The number of para-hydroxylation sites is 1. The highest BCUT2D eigenvalue weighted by atomic mass is 32.1. The number of aromatic nitrogens is 1. The van der Waals surface area contributed by atoms with Gasteiger partial charge in [-0.1, -0.05) is 29.8 Å². The molecule has 2 aromatic heterocycles. The van der Waals surface area contributed by atoms with E-state index < -0.39 is 5.54 Å². The second-order valence-electron chi connectivity index (χ2n) is 9.38. The fourth-order valence-corrected chi connectivity index (χ4v) is 6.11. The Balaban J connectivity index is 1.44. The van der Waals surface area contributed by atoms with Crippen molar-refractivity contribution in [2.75, 3.05) is 13.7 Å². The largest absolute Gasteiger partial charge is 0.496 e. The number of methoxy groups -OCH3 is 1. The van der Waals surface area contributed by atoms with Crippen LogP contribution >= 0.6 is 11.3 Å². The van der Waals surface area contributed by atoms with Gasteiger partial charge in [0.05, 0.1) is 13.7 Å². The van der Waals surface area contributed by atoms with Crippen molar-refractivity contribution >= 4 is 33.4 Å². The van der Waals surface area contributed by atoms with Crippen molar-refractivity contribution < 1.29 is 14.3 Å². The van der Waals surface area contributed by atoms with Crippen LogP contribution in [0.1, 0.15) is 55.1 Å². The second kappa shape index (κ2) is 9.29. The van der Waals surface area contributed by atoms with Crippen LogP contribution < -0.4 is 10.1 Å². The normalized spacial score (nSPS) is 20.2. The molecule has 0 radical (unpaired) electrons. The molecule has 7 heteroatoms. The number of nitrogens with one attached hydrogen (secondary N) is 1. The SMILES string of the molecule is COc1ccccc1CNC(=O)C1(C)Cn2c(cc3ccsc32)C(=O)N1CCC1=CCCCC1. The van der Waals surface area contributed by atoms with Gasteiger partial charge in [-0.05, 0) is 62.6 Å². The van der Waals surface area contributed by atoms with Crippen molar-refractivity contribution in [2.45, 2.75) is 57.7 Å². The van der Waals surface area contributed by atoms with Gasteiger partial charge in [-0.15, -0.1) is 11.3 Å². The van der Waals surface area contributed by atoms with Crippen molar-refractivity contribution in [1.29, 1.82) is 0 Å². The minimum Gasteiger partial charge on any atom is -0.496 e. The number of ether oxygens (including phenoxy) is 1. The molecule has 3 aromatic rings. The van der Waals surface area contributed by atoms with Crippen molar-refractivity contribution in [3.63, 3.8) is 0 Å². The summed E-state index contributed by atoms with van der Waals surface area (Å²) in [4.78, 5) is 30.3. The lowest BCUT2D eigenvalue weighted by atomic mass is 9.92. The van der Waals surface area contributed by atoms with Crippen molar-refractivity contribution in [2.24, 2.45) is 0 Å². The highest BCUT2D eigenvalue weighted by molar-refractivity contribution is 7.16. The summed E-state index contributed by atoms with van der Waals surface area (Å²) in [6, 6.07) is 11.7. The monoisotopic (exact) mass is 477 g/mol. The molecule has 1 atom stereocenters. The summed E-state index contributed by atoms with van der Waals surface area (Å²) < 4.78 is 7.47. The van der Waals surface area contributed by atoms with Gasteiger partial charge in [0.15, 0.2) is 0 Å². The number of thiophene rings is 1. The molecule has 5 rings (SSSR count). The summed E-state index contributed by atoms with van der Waals surface area (Å²) in [5, 5.41) is 6.19. The topological polar surface area (TPSA) is 63.6 Å². The molecule has 178 valence electrons. The number of amides is 2. The molecule has 0 spiro atoms. The smallest absolute Gasteiger partial charge is 0.271 e. The van der Waals surface area contributed by atoms with Crippen LogP contribution in [-0.4, -0.2) is 40.5 Å². The number of benzene rings is 1. The zero-order valence-corrected chi connectivity index (χ0v) is 20.6. The fourth-order valence-electron chi connectivity index (χ4n) is 5.21. The summed E-state index contributed by atoms with van der Waals surface area (Å²) in [7, 11) is 1.63. The molecule has 3 heterocycles. The van der Waals surface area contributed by atoms with E-state index in [0.717, 1.165) is 40.8 Å². The Morgan fingerprint density at radius 2 is 2.09 bits per heavy atom. The second-order valence-corrected chi connectivity index (χ2v) is 10.3. The van der Waals surface area contributed by atoms with Crippen LogP contribution in [-0.2, 0) is 17.9 Å². The summed E-state index contributed by atoms with van der Waals surface area (Å²) in [5.74, 6) is 0.524. The highest BCUT2D eigenvalue weighted by Gasteiger charge is 2.47. The molecule has 1 aromatic carbocycles. The Morgan fingerprint density at radius 1 is 1.24 bits per heavy atom. The van der Waals surface area contributed by atoms with Crippen LogP contribution in [0, 0.1) is 0 Å². The third kappa shape index (κ3) is 4.02. The molecule has 0 saturated heterocycles. The first-order valence-corrected chi connectivity index (χ1v) is 12.9. The van der Waals surface area contributed by atoms with Gasteiger partial charge < -0.3 is 19.5 Å². The summed E-state index contributed by atoms with van der Waals surface area (Å²) in [5.41, 5.74) is 2.00. The van der Waals surface area contributed by atoms with Crippen molar-refractivity contribution in [3.8, 4) is 5.75 Å². The molecular weight excluding hydrogens is 446 g/mol. The van der Waals surface area contributed by atoms with Crippen LogP contribution in [0.15, 0.2) is 53.4 Å². The van der Waals surface area contributed by atoms with Gasteiger partial charge in [0.2, 0.25) is 5.91 Å². The standard InChI is InChI=1S/C27H31N3O3S/c1-27(26(32)28-17-21-10-6-7-11-23(21)33-2)18-29-22(16-20-13-15-34-25(20)29)24(31)30(27)14-12-19-8-4-3-5-9-19/h6-8,10-11,13,15-16H,3-5,9,12,14,17-18H2,1-2H3,(H,28,32). The maximum Gasteiger partial charge on any atom is 0.271 e. The Morgan fingerprint density at radius 3 is 2.88 bits per heavy atom. The predicted octanol–water partition coefficient (Wildman–Crippen LogP) is 5.13. The van der Waals surface area contributed by atoms with Gasteiger partial charge in [0.25, 0.3) is 5.91 Å². The number of carbonyl (C=O) groups is 2. The van der Waals surface area contributed by atoms with E-state index in [2.05, 4.69) is 11.4 Å². The van der Waals surface area contributed by atoms with Crippen molar-refractivity contribution in [3.05, 3.63) is 64.7 Å². The van der Waals surface area contributed by atoms with Gasteiger partial charge in [-0.3, -0.25) is 9.59 Å². The molecule has 34 heavy (non-hydrogen) atoms. The first-order valence-electron chi connectivity index (χ1n) is 12.0. The maximum absolute atomic E-state index is 13.7. The zero-order valence-electron chi connectivity index (χ0n) is 19.8. The van der Waals surface area contributed by atoms with E-state index >= 15 is 0 Å². The Kier molecular flexibility index (Phi) is 6.21. The molecule has 0 fully saturated rings. The Bertz CT molecular complexity index is 1260. The molecule has 2 amide bonds. The molecule has 0 saturated carbocycles. The summed E-state index contributed by atoms with van der Waals surface area (Å²) in [6.07, 6.45) is 7.77. The van der Waals surface area contributed by atoms with Gasteiger partial charge in [0, 0.05) is 24.0 Å². The van der Waals surface area contributed by atoms with E-state index in [9.17, 15) is 9.59 Å². The number of hydrogen-bond acceptors (Lipinski definition) is 4. The van der Waals surface area contributed by atoms with Crippen LogP contribution in [0.4, 0.5) is 0 Å². The average molecular weight is 478 g/mol. The minimum atomic E-state index is -0.989. The van der Waals surface area contributed by atoms with E-state index in [1.165, 1.54) is 18.4 Å². The first kappa shape index (κ1) is 22.7. The lowest BCUT2D eigenvalue weighted by molar-refractivity contribution is -0.133. The number of allylic oxidation sites excluding steroid dienone is 1. The lowest BCUT2D eigenvalue weighted by Crippen LogP contribution is -2.64. The van der Waals surface area contributed by atoms with Crippen LogP contribution in [0.5, 0.6) is 5.75 Å². The van der Waals surface area contributed by atoms with Crippen LogP contribution in [0.25, 0.3) is 10.2 Å². The van der Waals surface area contributed by atoms with Crippen LogP contribution in [0.2, 0.25) is 0 Å². The van der Waals surface area contributed by atoms with Crippen LogP contribution in [0.3, 0.4) is 0 Å². The third-order valence-electron chi connectivity index (χ3n) is 7.19. The molecular formula is C27H31N3O3S. The van der Waals surface area contributed by atoms with Crippen molar-refractivity contribution in [1.82, 2.24) is 14.8 Å². The molecule has 1 aliphatic carbocycles. The maximum atomic E-state index is 13.7. The Hall–Kier alpha value is -3.06. The zero-order chi connectivity index (χ0) is 23.7. The van der Waals surface area contributed by atoms with Gasteiger partial charge in [-0.25, -0.2) is 0 Å². The molecule has 0 bridgehead atoms. The molecule has 1 unspecified atom stereocenters. The lowest BCUT2D eigenvalue weighted by Gasteiger charge is -2.44. The van der Waals surface area contributed by atoms with E-state index in [-0.39, 0.29) is 11.8 Å². The number of rotatable bonds is 7. The number of nitrogens with zero attached hydrogens (tertiary/aromatic N) is 2. The molecule has 6 nitrogen and oxygen atoms in total. The first-order chi connectivity index (χ1) is 16.5. The van der Waals surface area contributed by atoms with E-state index in [4.69, 9.17) is 4.74 Å². The summed E-state index contributed by atoms with van der Waals surface area (Å²) >= 11 is 1.61. The highest BCUT2D eigenvalue weighted by Crippen LogP contribution is 2.35. The van der Waals surface area contributed by atoms with E-state index in [1.807, 2.05) is 53.3 Å². The average Bonchev–Trinajstić information content (AvgIpc) is 3.45. The predicted molar refractivity (Wildman–Crippen MR) is 135 cm³/mol. The number of fused-ring (bicyclic) bond motifs is 3. The summed E-state index contributed by atoms with van der Waals surface area (Å²) in [6.45, 7) is 3.23. The fraction of sp³-hybridized carbons (Fsp3) is 0.407. The van der Waals surface area contributed by atoms with E-state index in [1.54, 1.807) is 23.3 Å². The Labute approximate surface area is 204 Å². The molecule has 1 N–H and O–H groups in total. The van der Waals surface area contributed by atoms with Gasteiger partial charge in [0.1, 0.15) is 21.8 Å². The molecule has 1 aliphatic heterocycles. The van der Waals surface area contributed by atoms with E-state index in [0.29, 0.717) is 25.3 Å². The number of carbonyl (C=O) groups excluding carboxylic acids is 2. The third-order valence-corrected chi connectivity index (χ3v) is 8.14. The minimum absolute atomic E-state index is 0.0685. The van der Waals surface area contributed by atoms with Gasteiger partial charge >= 0.3 is 0 Å². The van der Waals surface area contributed by atoms with Gasteiger partial charge in [-0.2, -0.15) is 0 Å². The quantitative estimate of drug-likeness (QED) is 0.480.